The Bertz CT molecular complexity index is 395. The highest BCUT2D eigenvalue weighted by atomic mass is 16.4. The summed E-state index contributed by atoms with van der Waals surface area (Å²) in [6, 6.07) is 0. The first kappa shape index (κ1) is 13.0. The molecule has 1 unspecified atom stereocenters. The highest BCUT2D eigenvalue weighted by Crippen LogP contribution is 2.30. The number of aliphatic carboxylic acids is 1. The molecule has 92 valence electrons. The molecule has 0 saturated carbocycles. The van der Waals surface area contributed by atoms with Crippen molar-refractivity contribution in [3.63, 3.8) is 0 Å². The number of azide groups is 1. The van der Waals surface area contributed by atoms with E-state index in [9.17, 15) is 19.5 Å². The van der Waals surface area contributed by atoms with Crippen LogP contribution in [0.3, 0.4) is 0 Å². The lowest BCUT2D eigenvalue weighted by Gasteiger charge is -2.32. The highest BCUT2D eigenvalue weighted by molar-refractivity contribution is 6.06. The van der Waals surface area contributed by atoms with E-state index < -0.39 is 23.4 Å². The van der Waals surface area contributed by atoms with Crippen LogP contribution in [0.1, 0.15) is 32.6 Å². The van der Waals surface area contributed by atoms with Crippen LogP contribution in [-0.4, -0.2) is 33.5 Å². The molecule has 1 rings (SSSR count). The molecule has 1 aliphatic heterocycles. The zero-order valence-corrected chi connectivity index (χ0v) is 9.29. The van der Waals surface area contributed by atoms with Gasteiger partial charge in [-0.25, -0.2) is 4.79 Å². The van der Waals surface area contributed by atoms with Crippen LogP contribution in [0.25, 0.3) is 10.4 Å². The van der Waals surface area contributed by atoms with Crippen molar-refractivity contribution in [1.29, 1.82) is 0 Å². The molecule has 8 nitrogen and oxygen atoms in total. The number of carbonyl (C=O) groups excluding carboxylic acids is 2. The van der Waals surface area contributed by atoms with Gasteiger partial charge in [0, 0.05) is 17.8 Å². The summed E-state index contributed by atoms with van der Waals surface area (Å²) in [5.74, 6) is -2.71. The van der Waals surface area contributed by atoms with E-state index in [0.29, 0.717) is 11.3 Å². The van der Waals surface area contributed by atoms with Crippen LogP contribution >= 0.6 is 0 Å². The summed E-state index contributed by atoms with van der Waals surface area (Å²) in [7, 11) is 0. The number of rotatable bonds is 5. The number of amides is 2. The summed E-state index contributed by atoms with van der Waals surface area (Å²) in [5, 5.41) is 12.4. The van der Waals surface area contributed by atoms with E-state index in [1.165, 1.54) is 0 Å². The van der Waals surface area contributed by atoms with Gasteiger partial charge < -0.3 is 5.11 Å². The van der Waals surface area contributed by atoms with Crippen LogP contribution in [0.2, 0.25) is 0 Å². The molecule has 0 aliphatic carbocycles. The van der Waals surface area contributed by atoms with Crippen molar-refractivity contribution in [2.75, 3.05) is 0 Å². The van der Waals surface area contributed by atoms with Gasteiger partial charge in [0.25, 0.3) is 0 Å². The number of likely N-dealkylation sites (tertiary alicyclic amines) is 1. The van der Waals surface area contributed by atoms with Crippen LogP contribution in [0, 0.1) is 0 Å². The molecule has 0 aromatic rings. The Hall–Kier alpha value is -2.08. The molecule has 0 aromatic carbocycles. The summed E-state index contributed by atoms with van der Waals surface area (Å²) in [6.07, 6.45) is 0.184. The summed E-state index contributed by atoms with van der Waals surface area (Å²) in [5.41, 5.74) is 6.34. The Balaban J connectivity index is 3.29. The quantitative estimate of drug-likeness (QED) is 0.333. The first-order chi connectivity index (χ1) is 7.99. The summed E-state index contributed by atoms with van der Waals surface area (Å²) >= 11 is 0. The Labute approximate surface area is 96.8 Å². The van der Waals surface area contributed by atoms with E-state index in [-0.39, 0.29) is 19.3 Å². The average molecular weight is 240 g/mol. The number of hydrogen-bond acceptors (Lipinski definition) is 4. The van der Waals surface area contributed by atoms with Crippen molar-refractivity contribution < 1.29 is 19.5 Å². The first-order valence-corrected chi connectivity index (χ1v) is 5.15. The number of carbonyl (C=O) groups is 3. The van der Waals surface area contributed by atoms with E-state index >= 15 is 0 Å². The van der Waals surface area contributed by atoms with E-state index in [4.69, 9.17) is 5.53 Å². The van der Waals surface area contributed by atoms with Gasteiger partial charge in [-0.1, -0.05) is 18.5 Å². The molecule has 2 amide bonds. The molecular weight excluding hydrogens is 228 g/mol. The summed E-state index contributed by atoms with van der Waals surface area (Å²) in [6.45, 7) is 1.68. The zero-order chi connectivity index (χ0) is 13.1. The van der Waals surface area contributed by atoms with Crippen molar-refractivity contribution in [2.45, 2.75) is 38.3 Å². The predicted molar refractivity (Wildman–Crippen MR) is 55.5 cm³/mol. The average Bonchev–Trinajstić information content (AvgIpc) is 2.58. The number of hydrogen-bond donors (Lipinski definition) is 1. The molecule has 0 bridgehead atoms. The van der Waals surface area contributed by atoms with E-state index in [1.807, 2.05) is 0 Å². The van der Waals surface area contributed by atoms with Crippen LogP contribution in [0.5, 0.6) is 0 Å². The Morgan fingerprint density at radius 1 is 1.53 bits per heavy atom. The fraction of sp³-hybridized carbons (Fsp3) is 0.667. The number of nitrogens with zero attached hydrogens (tertiary/aromatic N) is 4. The van der Waals surface area contributed by atoms with Gasteiger partial charge >= 0.3 is 5.97 Å². The zero-order valence-electron chi connectivity index (χ0n) is 9.29. The van der Waals surface area contributed by atoms with Gasteiger partial charge in [0.15, 0.2) is 0 Å². The molecule has 0 radical (unpaired) electrons. The Kier molecular flexibility index (Phi) is 3.69. The standard InChI is InChI=1S/C9H12N4O4/c1-2-5-9(8(16)17,11-12-10)13-6(14)3-4-7(13)15/h2-5H2,1H3,(H,16,17). The third kappa shape index (κ3) is 2.07. The van der Waals surface area contributed by atoms with Gasteiger partial charge in [-0.2, -0.15) is 0 Å². The van der Waals surface area contributed by atoms with Gasteiger partial charge in [-0.3, -0.25) is 14.5 Å². The molecular formula is C9H12N4O4. The molecule has 1 saturated heterocycles. The molecule has 8 heteroatoms. The SMILES string of the molecule is CCCC(N=[N+]=[N-])(C(=O)O)N1C(=O)CCC1=O. The maximum Gasteiger partial charge on any atom is 0.336 e. The van der Waals surface area contributed by atoms with Crippen molar-refractivity contribution in [3.05, 3.63) is 10.4 Å². The monoisotopic (exact) mass is 240 g/mol. The third-order valence-corrected chi connectivity index (χ3v) is 2.57. The molecule has 0 aromatic heterocycles. The van der Waals surface area contributed by atoms with Crippen LogP contribution in [-0.2, 0) is 14.4 Å². The van der Waals surface area contributed by atoms with E-state index in [0.717, 1.165) is 0 Å². The van der Waals surface area contributed by atoms with Gasteiger partial charge in [-0.15, -0.1) is 0 Å². The lowest BCUT2D eigenvalue weighted by atomic mass is 10.0. The Morgan fingerprint density at radius 2 is 2.06 bits per heavy atom. The third-order valence-electron chi connectivity index (χ3n) is 2.57. The second-order valence-electron chi connectivity index (χ2n) is 3.68. The maximum absolute atomic E-state index is 11.5. The number of carboxylic acid groups (broad SMARTS) is 1. The minimum absolute atomic E-state index is 0.0431. The normalized spacial score (nSPS) is 18.8. The maximum atomic E-state index is 11.5. The second-order valence-corrected chi connectivity index (χ2v) is 3.68. The van der Waals surface area contributed by atoms with Crippen LogP contribution in [0.15, 0.2) is 5.11 Å². The molecule has 1 aliphatic rings. The van der Waals surface area contributed by atoms with Crippen molar-refractivity contribution in [1.82, 2.24) is 4.90 Å². The van der Waals surface area contributed by atoms with Gasteiger partial charge in [0.05, 0.1) is 0 Å². The van der Waals surface area contributed by atoms with E-state index in [2.05, 4.69) is 10.0 Å². The predicted octanol–water partition coefficient (Wildman–Crippen LogP) is 1.03. The number of imide groups is 1. The molecule has 17 heavy (non-hydrogen) atoms. The van der Waals surface area contributed by atoms with Crippen LogP contribution in [0.4, 0.5) is 0 Å². The topological polar surface area (TPSA) is 123 Å². The number of carboxylic acids is 1. The van der Waals surface area contributed by atoms with Crippen molar-refractivity contribution >= 4 is 17.8 Å². The van der Waals surface area contributed by atoms with Gasteiger partial charge in [-0.05, 0) is 12.0 Å². The highest BCUT2D eigenvalue weighted by Gasteiger charge is 2.51. The fourth-order valence-corrected chi connectivity index (χ4v) is 1.86. The minimum atomic E-state index is -2.12. The molecule has 0 spiro atoms. The first-order valence-electron chi connectivity index (χ1n) is 5.15. The fourth-order valence-electron chi connectivity index (χ4n) is 1.86. The molecule has 1 atom stereocenters. The smallest absolute Gasteiger partial charge is 0.336 e. The minimum Gasteiger partial charge on any atom is -0.479 e. The lowest BCUT2D eigenvalue weighted by molar-refractivity contribution is -0.163. The largest absolute Gasteiger partial charge is 0.479 e. The van der Waals surface area contributed by atoms with Gasteiger partial charge in [0.1, 0.15) is 0 Å². The second kappa shape index (κ2) is 4.84. The summed E-state index contributed by atoms with van der Waals surface area (Å²) < 4.78 is 0. The molecule has 1 N–H and O–H groups in total. The Morgan fingerprint density at radius 3 is 2.41 bits per heavy atom. The van der Waals surface area contributed by atoms with E-state index in [1.54, 1.807) is 6.92 Å². The van der Waals surface area contributed by atoms with Crippen LogP contribution < -0.4 is 0 Å². The van der Waals surface area contributed by atoms with Crippen molar-refractivity contribution in [3.8, 4) is 0 Å². The van der Waals surface area contributed by atoms with Crippen molar-refractivity contribution in [2.24, 2.45) is 5.11 Å². The van der Waals surface area contributed by atoms with Gasteiger partial charge in [0.2, 0.25) is 17.5 Å². The summed E-state index contributed by atoms with van der Waals surface area (Å²) in [4.78, 5) is 37.4. The molecule has 1 fully saturated rings. The lowest BCUT2D eigenvalue weighted by Crippen LogP contribution is -2.55. The molecule has 1 heterocycles.